The summed E-state index contributed by atoms with van der Waals surface area (Å²) < 4.78 is 37.9. The number of carbonyl (C=O) groups excluding carboxylic acids is 2. The Bertz CT molecular complexity index is 1730. The molecule has 2 amide bonds. The minimum Gasteiger partial charge on any atom is -0.383 e. The van der Waals surface area contributed by atoms with Crippen LogP contribution in [-0.2, 0) is 11.0 Å². The SMILES string of the molecule is CC(C)(C)/C=C(\C#N)C(=O)N1CCCCC1.Nc1ncnc2n[nH]c(-c3ccc(NC(=O)c4ccc(C(F)(F)F)cc4)cc3)c12. The van der Waals surface area contributed by atoms with Gasteiger partial charge in [0.2, 0.25) is 0 Å². The molecule has 1 fully saturated rings. The number of amides is 2. The van der Waals surface area contributed by atoms with Gasteiger partial charge in [-0.05, 0) is 61.1 Å². The third-order valence-electron chi connectivity index (χ3n) is 6.86. The third kappa shape index (κ3) is 8.44. The monoisotopic (exact) mass is 618 g/mol. The lowest BCUT2D eigenvalue weighted by Crippen LogP contribution is -2.36. The van der Waals surface area contributed by atoms with Gasteiger partial charge >= 0.3 is 6.18 Å². The molecule has 45 heavy (non-hydrogen) atoms. The van der Waals surface area contributed by atoms with E-state index < -0.39 is 17.6 Å². The van der Waals surface area contributed by atoms with Gasteiger partial charge < -0.3 is 16.0 Å². The zero-order valence-corrected chi connectivity index (χ0v) is 25.1. The van der Waals surface area contributed by atoms with Gasteiger partial charge in [-0.25, -0.2) is 9.97 Å². The average Bonchev–Trinajstić information content (AvgIpc) is 3.45. The highest BCUT2D eigenvalue weighted by Crippen LogP contribution is 2.30. The number of aromatic amines is 1. The molecule has 234 valence electrons. The highest BCUT2D eigenvalue weighted by atomic mass is 19.4. The van der Waals surface area contributed by atoms with Crippen molar-refractivity contribution < 1.29 is 22.8 Å². The van der Waals surface area contributed by atoms with E-state index in [0.717, 1.165) is 55.8 Å². The molecule has 2 aromatic heterocycles. The predicted molar refractivity (Wildman–Crippen MR) is 165 cm³/mol. The number of nitrogens with zero attached hydrogens (tertiary/aromatic N) is 5. The van der Waals surface area contributed by atoms with Crippen molar-refractivity contribution in [3.05, 3.63) is 77.6 Å². The number of fused-ring (bicyclic) bond motifs is 1. The fourth-order valence-electron chi connectivity index (χ4n) is 4.66. The topological polar surface area (TPSA) is 154 Å². The molecule has 4 aromatic rings. The smallest absolute Gasteiger partial charge is 0.383 e. The highest BCUT2D eigenvalue weighted by molar-refractivity contribution is 6.04. The van der Waals surface area contributed by atoms with Crippen molar-refractivity contribution in [1.29, 1.82) is 5.26 Å². The Labute approximate surface area is 258 Å². The molecule has 0 unspecified atom stereocenters. The number of nitriles is 1. The van der Waals surface area contributed by atoms with E-state index in [1.165, 1.54) is 12.7 Å². The number of anilines is 2. The molecule has 13 heteroatoms. The number of hydrogen-bond donors (Lipinski definition) is 3. The van der Waals surface area contributed by atoms with E-state index in [1.807, 2.05) is 26.8 Å². The number of nitrogens with one attached hydrogen (secondary N) is 2. The van der Waals surface area contributed by atoms with Crippen LogP contribution in [0.5, 0.6) is 0 Å². The number of halogens is 3. The van der Waals surface area contributed by atoms with Gasteiger partial charge in [0.25, 0.3) is 11.8 Å². The van der Waals surface area contributed by atoms with Crippen LogP contribution in [0.1, 0.15) is 56.0 Å². The Kier molecular flexibility index (Phi) is 9.86. The van der Waals surface area contributed by atoms with Crippen LogP contribution in [-0.4, -0.2) is 50.0 Å². The first kappa shape index (κ1) is 32.7. The van der Waals surface area contributed by atoms with E-state index in [2.05, 4.69) is 25.5 Å². The molecular formula is C32H33F3N8O2. The number of likely N-dealkylation sites (tertiary alicyclic amines) is 1. The van der Waals surface area contributed by atoms with Gasteiger partial charge in [0.05, 0.1) is 16.6 Å². The van der Waals surface area contributed by atoms with Crippen molar-refractivity contribution in [2.75, 3.05) is 24.1 Å². The number of H-pyrrole nitrogens is 1. The van der Waals surface area contributed by atoms with Crippen LogP contribution < -0.4 is 11.1 Å². The number of allylic oxidation sites excluding steroid dienone is 1. The quantitative estimate of drug-likeness (QED) is 0.177. The summed E-state index contributed by atoms with van der Waals surface area (Å²) in [6.07, 6.45) is 1.94. The summed E-state index contributed by atoms with van der Waals surface area (Å²) in [5.41, 5.74) is 7.67. The number of aromatic nitrogens is 4. The minimum absolute atomic E-state index is 0.0999. The Balaban J connectivity index is 0.000000245. The molecule has 10 nitrogen and oxygen atoms in total. The van der Waals surface area contributed by atoms with Gasteiger partial charge in [0, 0.05) is 29.9 Å². The standard InChI is InChI=1S/C19H13F3N6O.C13H20N2O/c20-19(21,22)12-5-1-11(2-6-12)18(29)26-13-7-3-10(4-8-13)15-14-16(23)24-9-25-17(14)28-27-15;1-13(2,3)9-11(10-14)12(16)15-7-5-4-6-8-15/h1-9H,(H,26,29)(H3,23,24,25,27,28);9H,4-8H2,1-3H3/b;11-9+. The van der Waals surface area contributed by atoms with Gasteiger partial charge in [0.1, 0.15) is 23.8 Å². The van der Waals surface area contributed by atoms with E-state index in [-0.39, 0.29) is 22.5 Å². The first-order chi connectivity index (χ1) is 21.3. The lowest BCUT2D eigenvalue weighted by Gasteiger charge is -2.27. The predicted octanol–water partition coefficient (Wildman–Crippen LogP) is 6.37. The molecule has 0 atom stereocenters. The number of hydrogen-bond acceptors (Lipinski definition) is 7. The van der Waals surface area contributed by atoms with E-state index in [0.29, 0.717) is 28.2 Å². The summed E-state index contributed by atoms with van der Waals surface area (Å²) in [4.78, 5) is 34.1. The Morgan fingerprint density at radius 1 is 1.00 bits per heavy atom. The first-order valence-electron chi connectivity index (χ1n) is 14.2. The highest BCUT2D eigenvalue weighted by Gasteiger charge is 2.30. The maximum absolute atomic E-state index is 12.6. The number of piperidine rings is 1. The zero-order valence-electron chi connectivity index (χ0n) is 25.1. The van der Waals surface area contributed by atoms with Crippen LogP contribution in [0.15, 0.2) is 66.5 Å². The lowest BCUT2D eigenvalue weighted by atomic mass is 9.93. The van der Waals surface area contributed by atoms with Crippen molar-refractivity contribution in [3.63, 3.8) is 0 Å². The van der Waals surface area contributed by atoms with Gasteiger partial charge in [-0.3, -0.25) is 14.7 Å². The lowest BCUT2D eigenvalue weighted by molar-refractivity contribution is -0.137. The Morgan fingerprint density at radius 2 is 1.64 bits per heavy atom. The molecule has 1 aliphatic rings. The van der Waals surface area contributed by atoms with E-state index in [1.54, 1.807) is 35.2 Å². The summed E-state index contributed by atoms with van der Waals surface area (Å²) in [5, 5.41) is 19.2. The zero-order chi connectivity index (χ0) is 32.8. The number of benzene rings is 2. The summed E-state index contributed by atoms with van der Waals surface area (Å²) >= 11 is 0. The van der Waals surface area contributed by atoms with Crippen molar-refractivity contribution in [2.45, 2.75) is 46.2 Å². The normalized spacial score (nSPS) is 13.9. The molecule has 0 saturated carbocycles. The van der Waals surface area contributed by atoms with Crippen LogP contribution in [0.25, 0.3) is 22.3 Å². The molecule has 1 aliphatic heterocycles. The van der Waals surface area contributed by atoms with Crippen molar-refractivity contribution in [1.82, 2.24) is 25.1 Å². The maximum Gasteiger partial charge on any atom is 0.416 e. The van der Waals surface area contributed by atoms with Crippen LogP contribution in [0.4, 0.5) is 24.7 Å². The van der Waals surface area contributed by atoms with Gasteiger partial charge in [-0.2, -0.15) is 23.5 Å². The van der Waals surface area contributed by atoms with Crippen LogP contribution in [0.2, 0.25) is 0 Å². The second-order valence-electron chi connectivity index (χ2n) is 11.6. The average molecular weight is 619 g/mol. The molecule has 3 heterocycles. The number of rotatable bonds is 4. The van der Waals surface area contributed by atoms with Crippen molar-refractivity contribution in [2.24, 2.45) is 5.41 Å². The minimum atomic E-state index is -4.45. The van der Waals surface area contributed by atoms with E-state index in [9.17, 15) is 22.8 Å². The molecule has 1 saturated heterocycles. The fraction of sp³-hybridized carbons (Fsp3) is 0.312. The summed E-state index contributed by atoms with van der Waals surface area (Å²) in [7, 11) is 0. The largest absolute Gasteiger partial charge is 0.416 e. The van der Waals surface area contributed by atoms with Gasteiger partial charge in [-0.1, -0.05) is 39.0 Å². The fourth-order valence-corrected chi connectivity index (χ4v) is 4.66. The van der Waals surface area contributed by atoms with Crippen LogP contribution in [0.3, 0.4) is 0 Å². The van der Waals surface area contributed by atoms with E-state index >= 15 is 0 Å². The number of carbonyl (C=O) groups is 2. The molecular weight excluding hydrogens is 585 g/mol. The second-order valence-corrected chi connectivity index (χ2v) is 11.6. The Morgan fingerprint density at radius 3 is 2.22 bits per heavy atom. The maximum atomic E-state index is 12.6. The summed E-state index contributed by atoms with van der Waals surface area (Å²) in [6, 6.07) is 12.8. The molecule has 4 N–H and O–H groups in total. The van der Waals surface area contributed by atoms with Crippen LogP contribution in [0, 0.1) is 16.7 Å². The molecule has 2 aromatic carbocycles. The summed E-state index contributed by atoms with van der Waals surface area (Å²) in [5.74, 6) is -0.327. The van der Waals surface area contributed by atoms with Crippen LogP contribution >= 0.6 is 0 Å². The van der Waals surface area contributed by atoms with Crippen molar-refractivity contribution in [3.8, 4) is 17.3 Å². The first-order valence-corrected chi connectivity index (χ1v) is 14.2. The van der Waals surface area contributed by atoms with Gasteiger partial charge in [-0.15, -0.1) is 0 Å². The molecule has 0 aliphatic carbocycles. The molecule has 0 spiro atoms. The second kappa shape index (κ2) is 13.6. The summed E-state index contributed by atoms with van der Waals surface area (Å²) in [6.45, 7) is 7.57. The van der Waals surface area contributed by atoms with Gasteiger partial charge in [0.15, 0.2) is 5.65 Å². The van der Waals surface area contributed by atoms with E-state index in [4.69, 9.17) is 11.0 Å². The van der Waals surface area contributed by atoms with Crippen molar-refractivity contribution >= 4 is 34.4 Å². The Hall–Kier alpha value is -5.25. The molecule has 0 bridgehead atoms. The third-order valence-corrected chi connectivity index (χ3v) is 6.86. The molecule has 5 rings (SSSR count). The number of nitrogens with two attached hydrogens (primary N) is 1. The number of nitrogen functional groups attached to an aromatic ring is 1. The molecule has 0 radical (unpaired) electrons. The number of alkyl halides is 3.